The standard InChI is InChI=1S/C16H24N6O3S/c1-5-21-11-15(12(2)18-21)26(24,25)22-8-6-20(7-9-22)16(23)14-10-17-19(4)13(14)3/h10-11H,5-9H2,1-4H3. The Balaban J connectivity index is 1.72. The van der Waals surface area contributed by atoms with Crippen molar-refractivity contribution in [3.05, 3.63) is 29.3 Å². The third-order valence-electron chi connectivity index (χ3n) is 4.83. The van der Waals surface area contributed by atoms with Crippen molar-refractivity contribution >= 4 is 15.9 Å². The molecule has 1 saturated heterocycles. The molecule has 142 valence electrons. The van der Waals surface area contributed by atoms with E-state index in [1.54, 1.807) is 40.6 Å². The molecule has 1 fully saturated rings. The quantitative estimate of drug-likeness (QED) is 0.765. The highest BCUT2D eigenvalue weighted by molar-refractivity contribution is 7.89. The Morgan fingerprint density at radius 1 is 1.19 bits per heavy atom. The first-order valence-electron chi connectivity index (χ1n) is 8.57. The highest BCUT2D eigenvalue weighted by Crippen LogP contribution is 2.21. The molecule has 26 heavy (non-hydrogen) atoms. The van der Waals surface area contributed by atoms with Crippen LogP contribution in [0.4, 0.5) is 0 Å². The molecule has 0 unspecified atom stereocenters. The fourth-order valence-electron chi connectivity index (χ4n) is 3.06. The van der Waals surface area contributed by atoms with Crippen molar-refractivity contribution in [2.24, 2.45) is 7.05 Å². The largest absolute Gasteiger partial charge is 0.336 e. The van der Waals surface area contributed by atoms with Crippen molar-refractivity contribution in [2.45, 2.75) is 32.2 Å². The van der Waals surface area contributed by atoms with Crippen LogP contribution in [-0.4, -0.2) is 69.3 Å². The van der Waals surface area contributed by atoms with E-state index in [-0.39, 0.29) is 23.9 Å². The van der Waals surface area contributed by atoms with Crippen LogP contribution in [-0.2, 0) is 23.6 Å². The molecule has 3 rings (SSSR count). The molecule has 0 radical (unpaired) electrons. The molecule has 10 heteroatoms. The Morgan fingerprint density at radius 3 is 2.35 bits per heavy atom. The molecule has 0 spiro atoms. The number of carbonyl (C=O) groups excluding carboxylic acids is 1. The first-order valence-corrected chi connectivity index (χ1v) is 10.0. The second kappa shape index (κ2) is 6.84. The summed E-state index contributed by atoms with van der Waals surface area (Å²) in [6.07, 6.45) is 3.13. The van der Waals surface area contributed by atoms with Crippen LogP contribution in [0.25, 0.3) is 0 Å². The van der Waals surface area contributed by atoms with Gasteiger partial charge < -0.3 is 4.90 Å². The van der Waals surface area contributed by atoms with Crippen molar-refractivity contribution < 1.29 is 13.2 Å². The van der Waals surface area contributed by atoms with Crippen LogP contribution in [0.3, 0.4) is 0 Å². The molecule has 1 aliphatic heterocycles. The Hall–Kier alpha value is -2.20. The zero-order valence-electron chi connectivity index (χ0n) is 15.5. The summed E-state index contributed by atoms with van der Waals surface area (Å²) in [4.78, 5) is 14.6. The maximum atomic E-state index is 12.9. The molecular formula is C16H24N6O3S. The molecule has 2 aromatic heterocycles. The minimum absolute atomic E-state index is 0.109. The predicted octanol–water partition coefficient (Wildman–Crippen LogP) is 0.400. The minimum atomic E-state index is -3.60. The summed E-state index contributed by atoms with van der Waals surface area (Å²) in [6.45, 7) is 7.31. The van der Waals surface area contributed by atoms with Gasteiger partial charge in [0, 0.05) is 51.7 Å². The van der Waals surface area contributed by atoms with Crippen molar-refractivity contribution in [2.75, 3.05) is 26.2 Å². The smallest absolute Gasteiger partial charge is 0.257 e. The molecular weight excluding hydrogens is 356 g/mol. The minimum Gasteiger partial charge on any atom is -0.336 e. The van der Waals surface area contributed by atoms with Crippen LogP contribution in [0.5, 0.6) is 0 Å². The molecule has 0 aliphatic carbocycles. The molecule has 0 N–H and O–H groups in total. The van der Waals surface area contributed by atoms with E-state index in [0.717, 1.165) is 5.69 Å². The summed E-state index contributed by atoms with van der Waals surface area (Å²) >= 11 is 0. The SMILES string of the molecule is CCn1cc(S(=O)(=O)N2CCN(C(=O)c3cnn(C)c3C)CC2)c(C)n1. The monoisotopic (exact) mass is 380 g/mol. The summed E-state index contributed by atoms with van der Waals surface area (Å²) in [6, 6.07) is 0. The van der Waals surface area contributed by atoms with E-state index in [1.165, 1.54) is 4.31 Å². The number of aromatic nitrogens is 4. The van der Waals surface area contributed by atoms with Gasteiger partial charge in [-0.05, 0) is 20.8 Å². The number of sulfonamides is 1. The van der Waals surface area contributed by atoms with Crippen LogP contribution in [0.1, 0.15) is 28.7 Å². The van der Waals surface area contributed by atoms with Gasteiger partial charge in [0.25, 0.3) is 5.91 Å². The van der Waals surface area contributed by atoms with Gasteiger partial charge in [0.1, 0.15) is 4.90 Å². The molecule has 2 aromatic rings. The fraction of sp³-hybridized carbons (Fsp3) is 0.562. The molecule has 0 atom stereocenters. The maximum absolute atomic E-state index is 12.9. The normalized spacial score (nSPS) is 16.2. The molecule has 9 nitrogen and oxygen atoms in total. The van der Waals surface area contributed by atoms with Gasteiger partial charge in [-0.25, -0.2) is 8.42 Å². The number of nitrogens with zero attached hydrogens (tertiary/aromatic N) is 6. The van der Waals surface area contributed by atoms with E-state index < -0.39 is 10.0 Å². The highest BCUT2D eigenvalue weighted by Gasteiger charge is 2.33. The van der Waals surface area contributed by atoms with Gasteiger partial charge in [0.15, 0.2) is 0 Å². The maximum Gasteiger partial charge on any atom is 0.257 e. The van der Waals surface area contributed by atoms with Gasteiger partial charge in [0.05, 0.1) is 17.5 Å². The van der Waals surface area contributed by atoms with E-state index in [2.05, 4.69) is 10.2 Å². The number of carbonyl (C=O) groups is 1. The average molecular weight is 380 g/mol. The molecule has 0 aromatic carbocycles. The average Bonchev–Trinajstić information content (AvgIpc) is 3.17. The molecule has 0 saturated carbocycles. The molecule has 0 bridgehead atoms. The van der Waals surface area contributed by atoms with E-state index in [4.69, 9.17) is 0 Å². The number of hydrogen-bond donors (Lipinski definition) is 0. The fourth-order valence-corrected chi connectivity index (χ4v) is 4.66. The summed E-state index contributed by atoms with van der Waals surface area (Å²) in [5.41, 5.74) is 1.85. The molecule has 1 aliphatic rings. The Labute approximate surface area is 153 Å². The Morgan fingerprint density at radius 2 is 1.85 bits per heavy atom. The van der Waals surface area contributed by atoms with Gasteiger partial charge >= 0.3 is 0 Å². The summed E-state index contributed by atoms with van der Waals surface area (Å²) in [5.74, 6) is -0.109. The number of piperazine rings is 1. The van der Waals surface area contributed by atoms with Gasteiger partial charge in [-0.2, -0.15) is 14.5 Å². The van der Waals surface area contributed by atoms with Gasteiger partial charge in [0.2, 0.25) is 10.0 Å². The van der Waals surface area contributed by atoms with E-state index in [0.29, 0.717) is 30.9 Å². The topological polar surface area (TPSA) is 93.3 Å². The number of aryl methyl sites for hydroxylation is 3. The lowest BCUT2D eigenvalue weighted by Gasteiger charge is -2.33. The molecule has 1 amide bonds. The van der Waals surface area contributed by atoms with Crippen LogP contribution >= 0.6 is 0 Å². The third-order valence-corrected chi connectivity index (χ3v) is 6.84. The number of amides is 1. The molecule has 3 heterocycles. The third kappa shape index (κ3) is 3.14. The van der Waals surface area contributed by atoms with E-state index >= 15 is 0 Å². The number of rotatable bonds is 4. The lowest BCUT2D eigenvalue weighted by molar-refractivity contribution is 0.0697. The van der Waals surface area contributed by atoms with Crippen molar-refractivity contribution in [1.29, 1.82) is 0 Å². The van der Waals surface area contributed by atoms with Crippen molar-refractivity contribution in [3.63, 3.8) is 0 Å². The van der Waals surface area contributed by atoms with Crippen LogP contribution in [0, 0.1) is 13.8 Å². The zero-order chi connectivity index (χ0) is 19.1. The first kappa shape index (κ1) is 18.6. The first-order chi connectivity index (χ1) is 12.3. The predicted molar refractivity (Wildman–Crippen MR) is 95.2 cm³/mol. The second-order valence-electron chi connectivity index (χ2n) is 6.40. The van der Waals surface area contributed by atoms with Gasteiger partial charge in [-0.1, -0.05) is 0 Å². The zero-order valence-corrected chi connectivity index (χ0v) is 16.3. The van der Waals surface area contributed by atoms with Crippen LogP contribution < -0.4 is 0 Å². The summed E-state index contributed by atoms with van der Waals surface area (Å²) in [7, 11) is -1.82. The lowest BCUT2D eigenvalue weighted by atomic mass is 10.2. The summed E-state index contributed by atoms with van der Waals surface area (Å²) < 4.78 is 30.5. The van der Waals surface area contributed by atoms with Crippen LogP contribution in [0.2, 0.25) is 0 Å². The van der Waals surface area contributed by atoms with E-state index in [9.17, 15) is 13.2 Å². The Bertz CT molecular complexity index is 922. The van der Waals surface area contributed by atoms with Crippen LogP contribution in [0.15, 0.2) is 17.3 Å². The summed E-state index contributed by atoms with van der Waals surface area (Å²) in [5, 5.41) is 8.32. The van der Waals surface area contributed by atoms with Gasteiger partial charge in [-0.3, -0.25) is 14.2 Å². The Kier molecular flexibility index (Phi) is 4.89. The number of hydrogen-bond acceptors (Lipinski definition) is 5. The highest BCUT2D eigenvalue weighted by atomic mass is 32.2. The van der Waals surface area contributed by atoms with Crippen molar-refractivity contribution in [3.8, 4) is 0 Å². The van der Waals surface area contributed by atoms with Crippen molar-refractivity contribution in [1.82, 2.24) is 28.8 Å². The van der Waals surface area contributed by atoms with Gasteiger partial charge in [-0.15, -0.1) is 0 Å². The van der Waals surface area contributed by atoms with E-state index in [1.807, 2.05) is 13.8 Å². The second-order valence-corrected chi connectivity index (χ2v) is 8.30. The lowest BCUT2D eigenvalue weighted by Crippen LogP contribution is -2.50.